The average molecular weight is 212 g/mol. The van der Waals surface area contributed by atoms with Crippen molar-refractivity contribution in [2.75, 3.05) is 20.1 Å². The van der Waals surface area contributed by atoms with E-state index in [4.69, 9.17) is 0 Å². The zero-order chi connectivity index (χ0) is 11.3. The van der Waals surface area contributed by atoms with Crippen molar-refractivity contribution in [1.82, 2.24) is 10.2 Å². The summed E-state index contributed by atoms with van der Waals surface area (Å²) in [6, 6.07) is 1.56. The number of likely N-dealkylation sites (tertiary alicyclic amines) is 1. The molecule has 0 aliphatic carbocycles. The lowest BCUT2D eigenvalue weighted by molar-refractivity contribution is 0.0675. The van der Waals surface area contributed by atoms with E-state index in [0.29, 0.717) is 0 Å². The predicted octanol–water partition coefficient (Wildman–Crippen LogP) is 2.49. The van der Waals surface area contributed by atoms with Crippen LogP contribution in [0.3, 0.4) is 0 Å². The van der Waals surface area contributed by atoms with Crippen LogP contribution in [0.5, 0.6) is 0 Å². The minimum Gasteiger partial charge on any atom is -0.318 e. The Morgan fingerprint density at radius 1 is 1.33 bits per heavy atom. The van der Waals surface area contributed by atoms with E-state index in [2.05, 4.69) is 38.0 Å². The van der Waals surface area contributed by atoms with Crippen LogP contribution < -0.4 is 5.32 Å². The first kappa shape index (κ1) is 13.0. The number of hydrogen-bond acceptors (Lipinski definition) is 2. The summed E-state index contributed by atoms with van der Waals surface area (Å²) >= 11 is 0. The first-order valence-corrected chi connectivity index (χ1v) is 6.61. The molecule has 2 nitrogen and oxygen atoms in total. The highest BCUT2D eigenvalue weighted by Crippen LogP contribution is 2.24. The van der Waals surface area contributed by atoms with E-state index in [1.807, 2.05) is 0 Å². The highest BCUT2D eigenvalue weighted by molar-refractivity contribution is 4.84. The summed E-state index contributed by atoms with van der Waals surface area (Å²) in [7, 11) is 2.07. The molecule has 0 aromatic carbocycles. The van der Waals surface area contributed by atoms with Gasteiger partial charge in [0.1, 0.15) is 0 Å². The maximum Gasteiger partial charge on any atom is 0.0246 e. The molecule has 0 aromatic rings. The van der Waals surface area contributed by atoms with E-state index in [0.717, 1.165) is 24.5 Å². The van der Waals surface area contributed by atoms with Crippen LogP contribution in [-0.2, 0) is 0 Å². The Bertz CT molecular complexity index is 168. The summed E-state index contributed by atoms with van der Waals surface area (Å²) in [6.45, 7) is 9.48. The summed E-state index contributed by atoms with van der Waals surface area (Å²) in [5, 5.41) is 3.35. The first-order valence-electron chi connectivity index (χ1n) is 6.61. The van der Waals surface area contributed by atoms with Crippen molar-refractivity contribution in [3.8, 4) is 0 Å². The van der Waals surface area contributed by atoms with Crippen LogP contribution in [0.15, 0.2) is 0 Å². The summed E-state index contributed by atoms with van der Waals surface area (Å²) in [6.07, 6.45) is 5.54. The van der Waals surface area contributed by atoms with Crippen LogP contribution in [0, 0.1) is 5.92 Å². The van der Waals surface area contributed by atoms with Gasteiger partial charge in [0, 0.05) is 18.6 Å². The Kier molecular flexibility index (Phi) is 5.62. The van der Waals surface area contributed by atoms with Crippen LogP contribution in [0.1, 0.15) is 46.5 Å². The van der Waals surface area contributed by atoms with Gasteiger partial charge >= 0.3 is 0 Å². The highest BCUT2D eigenvalue weighted by atomic mass is 15.2. The number of hydrogen-bond donors (Lipinski definition) is 1. The quantitative estimate of drug-likeness (QED) is 0.753. The topological polar surface area (TPSA) is 15.3 Å². The second kappa shape index (κ2) is 6.49. The molecule has 1 fully saturated rings. The normalized spacial score (nSPS) is 25.8. The molecular weight excluding hydrogens is 184 g/mol. The monoisotopic (exact) mass is 212 g/mol. The first-order chi connectivity index (χ1) is 7.20. The molecular formula is C13H28N2. The van der Waals surface area contributed by atoms with Crippen molar-refractivity contribution >= 4 is 0 Å². The highest BCUT2D eigenvalue weighted by Gasteiger charge is 2.28. The number of rotatable bonds is 5. The fourth-order valence-corrected chi connectivity index (χ4v) is 2.84. The third-order valence-corrected chi connectivity index (χ3v) is 3.75. The van der Waals surface area contributed by atoms with Gasteiger partial charge in [-0.15, -0.1) is 0 Å². The Morgan fingerprint density at radius 3 is 2.60 bits per heavy atom. The largest absolute Gasteiger partial charge is 0.318 e. The Labute approximate surface area is 95.4 Å². The molecule has 0 amide bonds. The molecule has 0 aromatic heterocycles. The van der Waals surface area contributed by atoms with Crippen LogP contribution >= 0.6 is 0 Å². The molecule has 1 aliphatic rings. The summed E-state index contributed by atoms with van der Waals surface area (Å²) < 4.78 is 0. The van der Waals surface area contributed by atoms with E-state index in [1.54, 1.807) is 0 Å². The number of piperidine rings is 1. The summed E-state index contributed by atoms with van der Waals surface area (Å²) in [5.41, 5.74) is 0. The van der Waals surface area contributed by atoms with Crippen molar-refractivity contribution in [2.24, 2.45) is 5.92 Å². The maximum absolute atomic E-state index is 3.35. The Morgan fingerprint density at radius 2 is 2.07 bits per heavy atom. The van der Waals surface area contributed by atoms with Crippen LogP contribution in [0.4, 0.5) is 0 Å². The Hall–Kier alpha value is -0.0800. The minimum atomic E-state index is 0.722. The van der Waals surface area contributed by atoms with Crippen molar-refractivity contribution < 1.29 is 0 Å². The lowest BCUT2D eigenvalue weighted by atomic mass is 9.93. The third-order valence-electron chi connectivity index (χ3n) is 3.75. The molecule has 0 spiro atoms. The van der Waals surface area contributed by atoms with E-state index in [9.17, 15) is 0 Å². The van der Waals surface area contributed by atoms with Gasteiger partial charge in [0.2, 0.25) is 0 Å². The fourth-order valence-electron chi connectivity index (χ4n) is 2.84. The van der Waals surface area contributed by atoms with Gasteiger partial charge in [0.15, 0.2) is 0 Å². The zero-order valence-corrected chi connectivity index (χ0v) is 10.9. The molecule has 1 N–H and O–H groups in total. The van der Waals surface area contributed by atoms with Gasteiger partial charge in [-0.25, -0.2) is 0 Å². The van der Waals surface area contributed by atoms with Crippen LogP contribution in [-0.4, -0.2) is 37.1 Å². The van der Waals surface area contributed by atoms with Gasteiger partial charge in [0.05, 0.1) is 0 Å². The van der Waals surface area contributed by atoms with Crippen molar-refractivity contribution in [3.63, 3.8) is 0 Å². The molecule has 0 saturated carbocycles. The van der Waals surface area contributed by atoms with Crippen LogP contribution in [0.2, 0.25) is 0 Å². The number of likely N-dealkylation sites (N-methyl/N-ethyl adjacent to an activating group) is 1. The minimum absolute atomic E-state index is 0.722. The van der Waals surface area contributed by atoms with Gasteiger partial charge in [-0.1, -0.05) is 27.2 Å². The van der Waals surface area contributed by atoms with E-state index in [1.165, 1.54) is 32.2 Å². The molecule has 1 rings (SSSR count). The van der Waals surface area contributed by atoms with Gasteiger partial charge in [-0.2, -0.15) is 0 Å². The lowest BCUT2D eigenvalue weighted by Gasteiger charge is -2.42. The molecule has 2 atom stereocenters. The van der Waals surface area contributed by atoms with E-state index < -0.39 is 0 Å². The molecule has 15 heavy (non-hydrogen) atoms. The maximum atomic E-state index is 3.35. The molecule has 1 aliphatic heterocycles. The molecule has 90 valence electrons. The van der Waals surface area contributed by atoms with Crippen molar-refractivity contribution in [2.45, 2.75) is 58.5 Å². The Balaban J connectivity index is 2.61. The van der Waals surface area contributed by atoms with E-state index >= 15 is 0 Å². The molecule has 0 bridgehead atoms. The average Bonchev–Trinajstić information content (AvgIpc) is 2.25. The van der Waals surface area contributed by atoms with Gasteiger partial charge in [-0.05, 0) is 38.8 Å². The number of nitrogens with one attached hydrogen (secondary N) is 1. The zero-order valence-electron chi connectivity index (χ0n) is 10.9. The van der Waals surface area contributed by atoms with E-state index in [-0.39, 0.29) is 0 Å². The van der Waals surface area contributed by atoms with Crippen LogP contribution in [0.25, 0.3) is 0 Å². The predicted molar refractivity (Wildman–Crippen MR) is 67.2 cm³/mol. The molecule has 1 heterocycles. The third kappa shape index (κ3) is 3.46. The molecule has 0 radical (unpaired) electrons. The molecule has 1 saturated heterocycles. The smallest absolute Gasteiger partial charge is 0.0246 e. The van der Waals surface area contributed by atoms with Gasteiger partial charge in [0.25, 0.3) is 0 Å². The van der Waals surface area contributed by atoms with Crippen molar-refractivity contribution in [3.05, 3.63) is 0 Å². The van der Waals surface area contributed by atoms with Gasteiger partial charge in [-0.3, -0.25) is 4.90 Å². The second-order valence-electron chi connectivity index (χ2n) is 5.16. The standard InChI is InChI=1S/C13H28N2/c1-5-12-8-6-7-9-15(12)13(10-14-4)11(2)3/h11-14H,5-10H2,1-4H3. The number of nitrogens with zero attached hydrogens (tertiary/aromatic N) is 1. The molecule has 2 heteroatoms. The SMILES string of the molecule is CCC1CCCCN1C(CNC)C(C)C. The summed E-state index contributed by atoms with van der Waals surface area (Å²) in [4.78, 5) is 2.75. The molecule has 2 unspecified atom stereocenters. The summed E-state index contributed by atoms with van der Waals surface area (Å²) in [5.74, 6) is 0.754. The second-order valence-corrected chi connectivity index (χ2v) is 5.16. The lowest BCUT2D eigenvalue weighted by Crippen LogP contribution is -2.51. The fraction of sp³-hybridized carbons (Fsp3) is 1.00. The van der Waals surface area contributed by atoms with Crippen molar-refractivity contribution in [1.29, 1.82) is 0 Å². The van der Waals surface area contributed by atoms with Gasteiger partial charge < -0.3 is 5.32 Å².